The predicted octanol–water partition coefficient (Wildman–Crippen LogP) is 2.12. The van der Waals surface area contributed by atoms with Crippen molar-refractivity contribution in [2.45, 2.75) is 64.7 Å². The second kappa shape index (κ2) is 11.7. The molecular formula is C25H38N4O6. The fourth-order valence-corrected chi connectivity index (χ4v) is 4.19. The molecule has 0 saturated carbocycles. The monoisotopic (exact) mass is 490 g/mol. The lowest BCUT2D eigenvalue weighted by Gasteiger charge is -2.34. The van der Waals surface area contributed by atoms with Gasteiger partial charge in [-0.15, -0.1) is 0 Å². The molecule has 3 amide bonds. The highest BCUT2D eigenvalue weighted by atomic mass is 16.6. The predicted molar refractivity (Wildman–Crippen MR) is 132 cm³/mol. The van der Waals surface area contributed by atoms with Crippen LogP contribution in [0.1, 0.15) is 57.3 Å². The minimum Gasteiger partial charge on any atom is -0.485 e. The number of anilines is 1. The molecule has 1 saturated heterocycles. The van der Waals surface area contributed by atoms with Crippen LogP contribution in [0.4, 0.5) is 10.5 Å². The van der Waals surface area contributed by atoms with Crippen molar-refractivity contribution in [1.29, 1.82) is 0 Å². The Morgan fingerprint density at radius 1 is 1.26 bits per heavy atom. The molecule has 1 aromatic carbocycles. The van der Waals surface area contributed by atoms with Crippen LogP contribution in [0.2, 0.25) is 0 Å². The van der Waals surface area contributed by atoms with E-state index in [4.69, 9.17) is 9.47 Å². The molecule has 3 rings (SSSR count). The summed E-state index contributed by atoms with van der Waals surface area (Å²) < 4.78 is 11.6. The Bertz CT molecular complexity index is 910. The molecule has 0 aromatic heterocycles. The Hall–Kier alpha value is -2.85. The topological polar surface area (TPSA) is 129 Å². The molecule has 1 fully saturated rings. The molecule has 194 valence electrons. The number of nitrogens with zero attached hydrogens (tertiary/aromatic N) is 1. The summed E-state index contributed by atoms with van der Waals surface area (Å²) in [5.41, 5.74) is 0.0835. The molecule has 0 bridgehead atoms. The van der Waals surface area contributed by atoms with Gasteiger partial charge in [-0.1, -0.05) is 6.07 Å². The zero-order valence-corrected chi connectivity index (χ0v) is 21.1. The smallest absolute Gasteiger partial charge is 0.407 e. The van der Waals surface area contributed by atoms with Crippen LogP contribution in [0, 0.1) is 5.92 Å². The minimum atomic E-state index is -0.635. The van der Waals surface area contributed by atoms with E-state index in [1.165, 1.54) is 0 Å². The zero-order valence-electron chi connectivity index (χ0n) is 21.1. The van der Waals surface area contributed by atoms with Crippen LogP contribution in [-0.2, 0) is 9.53 Å². The highest BCUT2D eigenvalue weighted by Crippen LogP contribution is 2.34. The van der Waals surface area contributed by atoms with Gasteiger partial charge in [-0.25, -0.2) is 4.79 Å². The number of alkyl carbamates (subject to hydrolysis) is 1. The summed E-state index contributed by atoms with van der Waals surface area (Å²) in [4.78, 5) is 40.1. The minimum absolute atomic E-state index is 0.109. The Balaban J connectivity index is 1.86. The van der Waals surface area contributed by atoms with Crippen molar-refractivity contribution in [2.75, 3.05) is 38.1 Å². The lowest BCUT2D eigenvalue weighted by Crippen LogP contribution is -2.46. The Morgan fingerprint density at radius 2 is 1.97 bits per heavy atom. The number of benzene rings is 1. The second-order valence-electron chi connectivity index (χ2n) is 10.1. The average molecular weight is 491 g/mol. The molecule has 0 spiro atoms. The van der Waals surface area contributed by atoms with E-state index in [2.05, 4.69) is 16.0 Å². The maximum absolute atomic E-state index is 13.4. The molecule has 35 heavy (non-hydrogen) atoms. The molecule has 10 heteroatoms. The van der Waals surface area contributed by atoms with Gasteiger partial charge in [0.1, 0.15) is 11.7 Å². The van der Waals surface area contributed by atoms with Gasteiger partial charge in [0.05, 0.1) is 30.4 Å². The normalized spacial score (nSPS) is 20.1. The first-order valence-electron chi connectivity index (χ1n) is 12.3. The number of aliphatic hydroxyl groups is 1. The number of aliphatic hydroxyl groups excluding tert-OH is 1. The number of piperidine rings is 1. The van der Waals surface area contributed by atoms with Crippen molar-refractivity contribution in [1.82, 2.24) is 15.5 Å². The highest BCUT2D eigenvalue weighted by molar-refractivity contribution is 6.02. The van der Waals surface area contributed by atoms with Gasteiger partial charge in [-0.05, 0) is 65.8 Å². The fraction of sp³-hybridized carbons (Fsp3) is 0.640. The van der Waals surface area contributed by atoms with Gasteiger partial charge in [0, 0.05) is 18.9 Å². The quantitative estimate of drug-likeness (QED) is 0.481. The Morgan fingerprint density at radius 3 is 2.63 bits per heavy atom. The summed E-state index contributed by atoms with van der Waals surface area (Å²) in [6.45, 7) is 9.00. The molecule has 2 aliphatic heterocycles. The molecule has 10 nitrogen and oxygen atoms in total. The van der Waals surface area contributed by atoms with E-state index in [0.29, 0.717) is 24.2 Å². The summed E-state index contributed by atoms with van der Waals surface area (Å²) in [5.74, 6) is -0.238. The summed E-state index contributed by atoms with van der Waals surface area (Å²) >= 11 is 0. The average Bonchev–Trinajstić information content (AvgIpc) is 2.81. The summed E-state index contributed by atoms with van der Waals surface area (Å²) in [5, 5.41) is 18.7. The lowest BCUT2D eigenvalue weighted by atomic mass is 9.97. The summed E-state index contributed by atoms with van der Waals surface area (Å²) in [6.07, 6.45) is 0.852. The van der Waals surface area contributed by atoms with Gasteiger partial charge in [-0.2, -0.15) is 0 Å². The van der Waals surface area contributed by atoms with Crippen LogP contribution in [0.5, 0.6) is 5.75 Å². The van der Waals surface area contributed by atoms with E-state index >= 15 is 0 Å². The number of amides is 3. The summed E-state index contributed by atoms with van der Waals surface area (Å²) in [6, 6.07) is 4.67. The Kier molecular flexibility index (Phi) is 8.96. The molecule has 1 aromatic rings. The number of nitrogens with one attached hydrogen (secondary N) is 3. The number of hydrogen-bond donors (Lipinski definition) is 4. The van der Waals surface area contributed by atoms with Crippen molar-refractivity contribution in [3.05, 3.63) is 23.8 Å². The van der Waals surface area contributed by atoms with Crippen LogP contribution in [0.3, 0.4) is 0 Å². The van der Waals surface area contributed by atoms with Crippen molar-refractivity contribution < 1.29 is 29.0 Å². The number of carbonyl (C=O) groups excluding carboxylic acids is 3. The van der Waals surface area contributed by atoms with Crippen molar-refractivity contribution in [3.63, 3.8) is 0 Å². The first-order valence-corrected chi connectivity index (χ1v) is 12.3. The SMILES string of the molecule is C[C@@H](CO)N1CC[C@H](CNC(=O)OC(C)(C)C)Oc2c(NC(=O)C3CCNCC3)cccc2C1=O. The van der Waals surface area contributed by atoms with E-state index in [9.17, 15) is 19.5 Å². The maximum atomic E-state index is 13.4. The Labute approximate surface area is 206 Å². The molecule has 2 atom stereocenters. The number of rotatable bonds is 6. The third-order valence-corrected chi connectivity index (χ3v) is 6.12. The number of hydrogen-bond acceptors (Lipinski definition) is 7. The first kappa shape index (κ1) is 26.7. The van der Waals surface area contributed by atoms with Gasteiger partial charge in [0.15, 0.2) is 5.75 Å². The standard InChI is InChI=1S/C25H38N4O6/c1-16(15-30)29-13-10-18(14-27-24(33)35-25(2,3)4)34-21-19(23(29)32)6-5-7-20(21)28-22(31)17-8-11-26-12-9-17/h5-7,16-18,26,30H,8-15H2,1-4H3,(H,27,33)(H,28,31)/t16-,18+/m0/s1. The number of carbonyl (C=O) groups is 3. The molecule has 0 aliphatic carbocycles. The van der Waals surface area contributed by atoms with Gasteiger partial charge in [0.2, 0.25) is 5.91 Å². The van der Waals surface area contributed by atoms with Gasteiger partial charge < -0.3 is 35.4 Å². The number of fused-ring (bicyclic) bond motifs is 1. The molecule has 0 radical (unpaired) electrons. The zero-order chi connectivity index (χ0) is 25.6. The van der Waals surface area contributed by atoms with Crippen molar-refractivity contribution >= 4 is 23.6 Å². The van der Waals surface area contributed by atoms with E-state index in [1.54, 1.807) is 50.8 Å². The van der Waals surface area contributed by atoms with Crippen LogP contribution in [-0.4, -0.2) is 78.4 Å². The van der Waals surface area contributed by atoms with Crippen LogP contribution < -0.4 is 20.7 Å². The van der Waals surface area contributed by atoms with Crippen molar-refractivity contribution in [2.24, 2.45) is 5.92 Å². The van der Waals surface area contributed by atoms with E-state index in [1.807, 2.05) is 0 Å². The number of para-hydroxylation sites is 1. The lowest BCUT2D eigenvalue weighted by molar-refractivity contribution is -0.120. The van der Waals surface area contributed by atoms with Crippen molar-refractivity contribution in [3.8, 4) is 5.75 Å². The van der Waals surface area contributed by atoms with Gasteiger partial charge in [0.25, 0.3) is 5.91 Å². The van der Waals surface area contributed by atoms with Crippen LogP contribution in [0.25, 0.3) is 0 Å². The number of ether oxygens (including phenoxy) is 2. The molecular weight excluding hydrogens is 452 g/mol. The van der Waals surface area contributed by atoms with E-state index in [0.717, 1.165) is 25.9 Å². The molecule has 0 unspecified atom stereocenters. The second-order valence-corrected chi connectivity index (χ2v) is 10.1. The molecule has 2 aliphatic rings. The highest BCUT2D eigenvalue weighted by Gasteiger charge is 2.31. The van der Waals surface area contributed by atoms with Gasteiger partial charge in [-0.3, -0.25) is 9.59 Å². The van der Waals surface area contributed by atoms with Crippen LogP contribution >= 0.6 is 0 Å². The van der Waals surface area contributed by atoms with Gasteiger partial charge >= 0.3 is 6.09 Å². The maximum Gasteiger partial charge on any atom is 0.407 e. The fourth-order valence-electron chi connectivity index (χ4n) is 4.19. The molecule has 2 heterocycles. The first-order chi connectivity index (χ1) is 16.6. The van der Waals surface area contributed by atoms with Crippen LogP contribution in [0.15, 0.2) is 18.2 Å². The van der Waals surface area contributed by atoms with E-state index in [-0.39, 0.29) is 36.6 Å². The van der Waals surface area contributed by atoms with E-state index < -0.39 is 23.8 Å². The molecule has 4 N–H and O–H groups in total. The third-order valence-electron chi connectivity index (χ3n) is 6.12. The third kappa shape index (κ3) is 7.32. The largest absolute Gasteiger partial charge is 0.485 e. The summed E-state index contributed by atoms with van der Waals surface area (Å²) in [7, 11) is 0.